The van der Waals surface area contributed by atoms with E-state index in [0.29, 0.717) is 19.4 Å². The predicted molar refractivity (Wildman–Crippen MR) is 61.2 cm³/mol. The van der Waals surface area contributed by atoms with Gasteiger partial charge in [-0.15, -0.1) is 0 Å². The summed E-state index contributed by atoms with van der Waals surface area (Å²) >= 11 is 0. The molecular weight excluding hydrogens is 206 g/mol. The molecule has 0 saturated heterocycles. The summed E-state index contributed by atoms with van der Waals surface area (Å²) in [6.07, 6.45) is 2.62. The molecule has 1 atom stereocenters. The highest BCUT2D eigenvalue weighted by Crippen LogP contribution is 2.17. The quantitative estimate of drug-likeness (QED) is 0.793. The van der Waals surface area contributed by atoms with Crippen LogP contribution < -0.4 is 0 Å². The van der Waals surface area contributed by atoms with Crippen molar-refractivity contribution in [1.82, 2.24) is 14.8 Å². The number of aliphatic hydroxyl groups is 1. The summed E-state index contributed by atoms with van der Waals surface area (Å²) in [7, 11) is 1.63. The van der Waals surface area contributed by atoms with Gasteiger partial charge in [0.1, 0.15) is 12.2 Å². The molecule has 16 heavy (non-hydrogen) atoms. The number of ether oxygens (including phenoxy) is 1. The highest BCUT2D eigenvalue weighted by atomic mass is 16.5. The van der Waals surface area contributed by atoms with E-state index in [1.54, 1.807) is 14.0 Å². The van der Waals surface area contributed by atoms with Crippen LogP contribution in [0.2, 0.25) is 0 Å². The molecule has 1 rings (SSSR count). The molecule has 0 bridgehead atoms. The molecule has 0 aliphatic heterocycles. The van der Waals surface area contributed by atoms with E-state index < -0.39 is 5.60 Å². The Morgan fingerprint density at radius 1 is 1.56 bits per heavy atom. The number of methoxy groups -OCH3 is 1. The third-order valence-electron chi connectivity index (χ3n) is 2.52. The summed E-state index contributed by atoms with van der Waals surface area (Å²) < 4.78 is 6.81. The molecule has 0 amide bonds. The molecule has 5 heteroatoms. The fourth-order valence-corrected chi connectivity index (χ4v) is 1.58. The van der Waals surface area contributed by atoms with Crippen LogP contribution in [0.5, 0.6) is 0 Å². The minimum Gasteiger partial charge on any atom is -0.390 e. The molecule has 0 aliphatic carbocycles. The molecule has 0 fully saturated rings. The van der Waals surface area contributed by atoms with Crippen LogP contribution in [-0.4, -0.2) is 39.2 Å². The average molecular weight is 227 g/mol. The van der Waals surface area contributed by atoms with Crippen LogP contribution in [0.4, 0.5) is 0 Å². The van der Waals surface area contributed by atoms with Crippen LogP contribution >= 0.6 is 0 Å². The fourth-order valence-electron chi connectivity index (χ4n) is 1.58. The molecule has 1 heterocycles. The first-order chi connectivity index (χ1) is 7.46. The van der Waals surface area contributed by atoms with Gasteiger partial charge in [-0.25, -0.2) is 9.67 Å². The monoisotopic (exact) mass is 227 g/mol. The zero-order valence-electron chi connectivity index (χ0n) is 10.5. The van der Waals surface area contributed by atoms with Gasteiger partial charge in [-0.1, -0.05) is 0 Å². The molecule has 1 aromatic heterocycles. The van der Waals surface area contributed by atoms with E-state index in [-0.39, 0.29) is 6.04 Å². The maximum atomic E-state index is 10.2. The van der Waals surface area contributed by atoms with Crippen molar-refractivity contribution in [3.05, 3.63) is 12.2 Å². The van der Waals surface area contributed by atoms with Crippen molar-refractivity contribution in [2.75, 3.05) is 13.7 Å². The van der Waals surface area contributed by atoms with Gasteiger partial charge >= 0.3 is 0 Å². The molecule has 0 radical (unpaired) electrons. The number of rotatable bonds is 6. The van der Waals surface area contributed by atoms with E-state index in [2.05, 4.69) is 10.1 Å². The van der Waals surface area contributed by atoms with E-state index in [0.717, 1.165) is 5.82 Å². The largest absolute Gasteiger partial charge is 0.390 e. The van der Waals surface area contributed by atoms with E-state index >= 15 is 0 Å². The Balaban J connectivity index is 2.68. The van der Waals surface area contributed by atoms with Crippen molar-refractivity contribution in [1.29, 1.82) is 0 Å². The van der Waals surface area contributed by atoms with Gasteiger partial charge in [0, 0.05) is 26.2 Å². The SMILES string of the molecule is COCCC(C)(O)Cc1ncnn1C(C)C. The molecule has 0 aliphatic rings. The summed E-state index contributed by atoms with van der Waals surface area (Å²) in [4.78, 5) is 4.18. The third kappa shape index (κ3) is 3.57. The van der Waals surface area contributed by atoms with E-state index in [1.807, 2.05) is 18.5 Å². The van der Waals surface area contributed by atoms with Gasteiger partial charge < -0.3 is 9.84 Å². The molecule has 5 nitrogen and oxygen atoms in total. The number of aromatic nitrogens is 3. The Kier molecular flexibility index (Phi) is 4.44. The molecule has 0 saturated carbocycles. The standard InChI is InChI=1S/C11H21N3O2/c1-9(2)14-10(12-8-13-14)7-11(3,15)5-6-16-4/h8-9,15H,5-7H2,1-4H3. The first kappa shape index (κ1) is 13.1. The van der Waals surface area contributed by atoms with Gasteiger partial charge in [0.2, 0.25) is 0 Å². The van der Waals surface area contributed by atoms with Gasteiger partial charge in [-0.2, -0.15) is 5.10 Å². The first-order valence-corrected chi connectivity index (χ1v) is 5.56. The minimum atomic E-state index is -0.796. The Morgan fingerprint density at radius 2 is 2.25 bits per heavy atom. The average Bonchev–Trinajstić information content (AvgIpc) is 2.62. The summed E-state index contributed by atoms with van der Waals surface area (Å²) in [6, 6.07) is 0.260. The van der Waals surface area contributed by atoms with Crippen LogP contribution in [0.3, 0.4) is 0 Å². The summed E-state index contributed by atoms with van der Waals surface area (Å²) in [5.74, 6) is 0.816. The van der Waals surface area contributed by atoms with Crippen LogP contribution in [0, 0.1) is 0 Å². The topological polar surface area (TPSA) is 60.2 Å². The van der Waals surface area contributed by atoms with Crippen molar-refractivity contribution >= 4 is 0 Å². The number of nitrogens with zero attached hydrogens (tertiary/aromatic N) is 3. The van der Waals surface area contributed by atoms with Gasteiger partial charge in [0.05, 0.1) is 5.60 Å². The molecule has 1 unspecified atom stereocenters. The van der Waals surface area contributed by atoms with Crippen LogP contribution in [0.15, 0.2) is 6.33 Å². The molecule has 0 spiro atoms. The smallest absolute Gasteiger partial charge is 0.138 e. The lowest BCUT2D eigenvalue weighted by molar-refractivity contribution is 0.0223. The lowest BCUT2D eigenvalue weighted by Crippen LogP contribution is -2.30. The Labute approximate surface area is 96.5 Å². The Morgan fingerprint density at radius 3 is 2.81 bits per heavy atom. The fraction of sp³-hybridized carbons (Fsp3) is 0.818. The van der Waals surface area contributed by atoms with Crippen molar-refractivity contribution in [2.24, 2.45) is 0 Å². The van der Waals surface area contributed by atoms with Crippen LogP contribution in [0.1, 0.15) is 39.1 Å². The number of hydrogen-bond acceptors (Lipinski definition) is 4. The van der Waals surface area contributed by atoms with Crippen molar-refractivity contribution in [3.8, 4) is 0 Å². The Hall–Kier alpha value is -0.940. The maximum absolute atomic E-state index is 10.2. The van der Waals surface area contributed by atoms with E-state index in [9.17, 15) is 5.11 Å². The third-order valence-corrected chi connectivity index (χ3v) is 2.52. The molecule has 0 aromatic carbocycles. The minimum absolute atomic E-state index is 0.260. The molecule has 1 N–H and O–H groups in total. The number of hydrogen-bond donors (Lipinski definition) is 1. The van der Waals surface area contributed by atoms with Gasteiger partial charge in [0.15, 0.2) is 0 Å². The van der Waals surface area contributed by atoms with Gasteiger partial charge in [-0.05, 0) is 27.2 Å². The zero-order valence-corrected chi connectivity index (χ0v) is 10.5. The van der Waals surface area contributed by atoms with Crippen molar-refractivity contribution in [3.63, 3.8) is 0 Å². The molecule has 92 valence electrons. The van der Waals surface area contributed by atoms with Gasteiger partial charge in [-0.3, -0.25) is 0 Å². The lowest BCUT2D eigenvalue weighted by atomic mass is 9.98. The maximum Gasteiger partial charge on any atom is 0.138 e. The molecular formula is C11H21N3O2. The highest BCUT2D eigenvalue weighted by molar-refractivity contribution is 4.93. The summed E-state index contributed by atoms with van der Waals surface area (Å²) in [6.45, 7) is 6.43. The summed E-state index contributed by atoms with van der Waals surface area (Å²) in [5.41, 5.74) is -0.796. The first-order valence-electron chi connectivity index (χ1n) is 5.56. The second-order valence-corrected chi connectivity index (χ2v) is 4.63. The normalized spacial score (nSPS) is 15.4. The van der Waals surface area contributed by atoms with Gasteiger partial charge in [0.25, 0.3) is 0 Å². The van der Waals surface area contributed by atoms with E-state index in [1.165, 1.54) is 6.33 Å². The molecule has 1 aromatic rings. The second kappa shape index (κ2) is 5.41. The summed E-state index contributed by atoms with van der Waals surface area (Å²) in [5, 5.41) is 14.3. The Bertz CT molecular complexity index is 321. The van der Waals surface area contributed by atoms with E-state index in [4.69, 9.17) is 4.74 Å². The highest BCUT2D eigenvalue weighted by Gasteiger charge is 2.24. The second-order valence-electron chi connectivity index (χ2n) is 4.63. The van der Waals surface area contributed by atoms with Crippen molar-refractivity contribution in [2.45, 2.75) is 45.3 Å². The predicted octanol–water partition coefficient (Wildman–Crippen LogP) is 1.19. The zero-order chi connectivity index (χ0) is 12.2. The van der Waals surface area contributed by atoms with Crippen molar-refractivity contribution < 1.29 is 9.84 Å². The van der Waals surface area contributed by atoms with Crippen LogP contribution in [-0.2, 0) is 11.2 Å². The lowest BCUT2D eigenvalue weighted by Gasteiger charge is -2.23. The van der Waals surface area contributed by atoms with Crippen LogP contribution in [0.25, 0.3) is 0 Å².